The van der Waals surface area contributed by atoms with Crippen molar-refractivity contribution in [2.45, 2.75) is 12.5 Å². The van der Waals surface area contributed by atoms with Crippen LogP contribution in [0.2, 0.25) is 0 Å². The van der Waals surface area contributed by atoms with Crippen LogP contribution in [-0.2, 0) is 9.59 Å². The van der Waals surface area contributed by atoms with Gasteiger partial charge >= 0.3 is 0 Å². The van der Waals surface area contributed by atoms with Gasteiger partial charge in [0.2, 0.25) is 11.8 Å². The van der Waals surface area contributed by atoms with Crippen molar-refractivity contribution >= 4 is 23.4 Å². The predicted octanol–water partition coefficient (Wildman–Crippen LogP) is 1.86. The normalized spacial score (nSPS) is 17.0. The maximum Gasteiger partial charge on any atom is 0.276 e. The van der Waals surface area contributed by atoms with Gasteiger partial charge in [-0.2, -0.15) is 5.26 Å². The molecule has 0 aliphatic carbocycles. The number of aromatic nitrogens is 3. The van der Waals surface area contributed by atoms with E-state index in [0.29, 0.717) is 11.4 Å². The average Bonchev–Trinajstić information content (AvgIpc) is 3.52. The zero-order chi connectivity index (χ0) is 24.9. The average molecular weight is 475 g/mol. The molecule has 3 amide bonds. The number of carbonyl (C=O) groups is 3. The van der Waals surface area contributed by atoms with E-state index in [1.54, 1.807) is 24.3 Å². The van der Waals surface area contributed by atoms with Gasteiger partial charge in [0, 0.05) is 19.3 Å². The third-order valence-electron chi connectivity index (χ3n) is 5.71. The summed E-state index contributed by atoms with van der Waals surface area (Å²) in [6, 6.07) is 15.7. The molecule has 1 saturated heterocycles. The van der Waals surface area contributed by atoms with Crippen LogP contribution in [0.4, 0.5) is 10.1 Å². The highest BCUT2D eigenvalue weighted by atomic mass is 19.1. The maximum absolute atomic E-state index is 13.1. The minimum Gasteiger partial charge on any atom is -0.331 e. The number of rotatable bonds is 6. The lowest BCUT2D eigenvalue weighted by Crippen LogP contribution is -2.43. The Morgan fingerprint density at radius 3 is 2.57 bits per heavy atom. The van der Waals surface area contributed by atoms with Crippen LogP contribution < -0.4 is 5.32 Å². The van der Waals surface area contributed by atoms with Gasteiger partial charge in [-0.3, -0.25) is 14.4 Å². The predicted molar refractivity (Wildman–Crippen MR) is 123 cm³/mol. The molecule has 11 heteroatoms. The molecule has 1 fully saturated rings. The molecule has 0 bridgehead atoms. The molecule has 1 aromatic heterocycles. The molecule has 2 aromatic carbocycles. The number of likely N-dealkylation sites (tertiary alicyclic amines) is 1. The Morgan fingerprint density at radius 1 is 1.17 bits per heavy atom. The van der Waals surface area contributed by atoms with Gasteiger partial charge in [0.05, 0.1) is 30.4 Å². The van der Waals surface area contributed by atoms with E-state index >= 15 is 0 Å². The molecule has 0 spiro atoms. The van der Waals surface area contributed by atoms with Crippen LogP contribution in [0.15, 0.2) is 60.8 Å². The number of likely N-dealkylation sites (N-methyl/N-ethyl adjacent to an activating group) is 1. The lowest BCUT2D eigenvalue weighted by Gasteiger charge is -2.23. The van der Waals surface area contributed by atoms with E-state index < -0.39 is 29.6 Å². The van der Waals surface area contributed by atoms with Gasteiger partial charge in [-0.1, -0.05) is 23.4 Å². The number of hydrogen-bond donors (Lipinski definition) is 1. The van der Waals surface area contributed by atoms with Crippen molar-refractivity contribution < 1.29 is 18.8 Å². The Balaban J connectivity index is 1.37. The summed E-state index contributed by atoms with van der Waals surface area (Å²) >= 11 is 0. The molecule has 2 unspecified atom stereocenters. The number of carbonyl (C=O) groups excluding carboxylic acids is 3. The van der Waals surface area contributed by atoms with Gasteiger partial charge < -0.3 is 15.1 Å². The van der Waals surface area contributed by atoms with Gasteiger partial charge in [0.25, 0.3) is 5.91 Å². The zero-order valence-corrected chi connectivity index (χ0v) is 18.8. The monoisotopic (exact) mass is 475 g/mol. The van der Waals surface area contributed by atoms with Crippen molar-refractivity contribution in [3.8, 4) is 11.8 Å². The molecule has 2 atom stereocenters. The number of hydrogen-bond acceptors (Lipinski definition) is 6. The number of para-hydroxylation sites is 1. The van der Waals surface area contributed by atoms with Gasteiger partial charge in [0.15, 0.2) is 5.69 Å². The molecule has 10 nitrogen and oxygen atoms in total. The summed E-state index contributed by atoms with van der Waals surface area (Å²) in [6.07, 6.45) is 1.60. The summed E-state index contributed by atoms with van der Waals surface area (Å²) in [5, 5.41) is 20.0. The topological polar surface area (TPSA) is 124 Å². The van der Waals surface area contributed by atoms with E-state index in [1.165, 1.54) is 52.0 Å². The number of anilines is 1. The molecule has 1 aliphatic heterocycles. The fourth-order valence-electron chi connectivity index (χ4n) is 3.83. The molecule has 0 radical (unpaired) electrons. The van der Waals surface area contributed by atoms with Crippen LogP contribution in [0.5, 0.6) is 0 Å². The summed E-state index contributed by atoms with van der Waals surface area (Å²) in [7, 11) is 1.44. The minimum absolute atomic E-state index is 0.00277. The maximum atomic E-state index is 13.1. The largest absolute Gasteiger partial charge is 0.331 e. The SMILES string of the molecule is CN(CC(=O)N1CC(C(=O)Nc2ccccc2)CC1C#N)C(=O)c1cn(-c2ccc(F)cc2)nn1. The fraction of sp³-hybridized carbons (Fsp3) is 0.250. The Kier molecular flexibility index (Phi) is 6.82. The first-order valence-corrected chi connectivity index (χ1v) is 10.8. The molecule has 35 heavy (non-hydrogen) atoms. The lowest BCUT2D eigenvalue weighted by atomic mass is 10.1. The van der Waals surface area contributed by atoms with Crippen LogP contribution >= 0.6 is 0 Å². The van der Waals surface area contributed by atoms with Crippen LogP contribution in [0.3, 0.4) is 0 Å². The quantitative estimate of drug-likeness (QED) is 0.580. The number of nitriles is 1. The summed E-state index contributed by atoms with van der Waals surface area (Å²) < 4.78 is 14.5. The molecule has 4 rings (SSSR count). The van der Waals surface area contributed by atoms with Crippen LogP contribution in [-0.4, -0.2) is 68.7 Å². The Labute approximate surface area is 200 Å². The van der Waals surface area contributed by atoms with Crippen molar-refractivity contribution in [2.24, 2.45) is 5.92 Å². The zero-order valence-electron chi connectivity index (χ0n) is 18.8. The third kappa shape index (κ3) is 5.33. The highest BCUT2D eigenvalue weighted by Crippen LogP contribution is 2.25. The highest BCUT2D eigenvalue weighted by Gasteiger charge is 2.39. The van der Waals surface area contributed by atoms with Crippen molar-refractivity contribution in [1.82, 2.24) is 24.8 Å². The lowest BCUT2D eigenvalue weighted by molar-refractivity contribution is -0.131. The molecule has 2 heterocycles. The number of halogens is 1. The second-order valence-electron chi connectivity index (χ2n) is 8.16. The van der Waals surface area contributed by atoms with Crippen molar-refractivity contribution in [3.63, 3.8) is 0 Å². The number of nitrogens with one attached hydrogen (secondary N) is 1. The molecule has 178 valence electrons. The van der Waals surface area contributed by atoms with E-state index in [-0.39, 0.29) is 31.1 Å². The van der Waals surface area contributed by atoms with E-state index in [4.69, 9.17) is 0 Å². The minimum atomic E-state index is -0.767. The van der Waals surface area contributed by atoms with E-state index in [9.17, 15) is 24.0 Å². The summed E-state index contributed by atoms with van der Waals surface area (Å²) in [5.74, 6) is -2.21. The molecular weight excluding hydrogens is 453 g/mol. The van der Waals surface area contributed by atoms with Crippen LogP contribution in [0.25, 0.3) is 5.69 Å². The Hall–Kier alpha value is -4.59. The second kappa shape index (κ2) is 10.1. The molecule has 0 saturated carbocycles. The Morgan fingerprint density at radius 2 is 1.89 bits per heavy atom. The van der Waals surface area contributed by atoms with Crippen LogP contribution in [0.1, 0.15) is 16.9 Å². The van der Waals surface area contributed by atoms with E-state index in [0.717, 1.165) is 0 Å². The number of amides is 3. The first kappa shape index (κ1) is 23.6. The highest BCUT2D eigenvalue weighted by molar-refractivity contribution is 5.96. The summed E-state index contributed by atoms with van der Waals surface area (Å²) in [4.78, 5) is 40.8. The first-order valence-electron chi connectivity index (χ1n) is 10.8. The number of nitrogens with zero attached hydrogens (tertiary/aromatic N) is 6. The molecule has 3 aromatic rings. The number of benzene rings is 2. The molecule has 1 aliphatic rings. The van der Waals surface area contributed by atoms with E-state index in [2.05, 4.69) is 21.7 Å². The van der Waals surface area contributed by atoms with Crippen molar-refractivity contribution in [1.29, 1.82) is 5.26 Å². The third-order valence-corrected chi connectivity index (χ3v) is 5.71. The molecule has 1 N–H and O–H groups in total. The summed E-state index contributed by atoms with van der Waals surface area (Å²) in [5.41, 5.74) is 1.16. The van der Waals surface area contributed by atoms with Gasteiger partial charge in [0.1, 0.15) is 11.9 Å². The Bertz CT molecular complexity index is 1270. The van der Waals surface area contributed by atoms with Crippen molar-refractivity contribution in [3.05, 3.63) is 72.3 Å². The molecular formula is C24H22FN7O3. The smallest absolute Gasteiger partial charge is 0.276 e. The summed E-state index contributed by atoms with van der Waals surface area (Å²) in [6.45, 7) is -0.216. The second-order valence-corrected chi connectivity index (χ2v) is 8.16. The van der Waals surface area contributed by atoms with Crippen molar-refractivity contribution in [2.75, 3.05) is 25.5 Å². The van der Waals surface area contributed by atoms with Gasteiger partial charge in [-0.25, -0.2) is 9.07 Å². The standard InChI is InChI=1S/C24H22FN7O3/c1-30(24(35)21-14-32(29-28-21)19-9-7-17(25)8-10-19)15-22(33)31-13-16(11-20(31)12-26)23(34)27-18-5-3-2-4-6-18/h2-10,14,16,20H,11,13,15H2,1H3,(H,27,34). The van der Waals surface area contributed by atoms with Gasteiger partial charge in [-0.05, 0) is 42.8 Å². The fourth-order valence-corrected chi connectivity index (χ4v) is 3.83. The van der Waals surface area contributed by atoms with Gasteiger partial charge in [-0.15, -0.1) is 5.10 Å². The first-order chi connectivity index (χ1) is 16.9. The van der Waals surface area contributed by atoms with Crippen LogP contribution in [0, 0.1) is 23.1 Å². The van der Waals surface area contributed by atoms with E-state index in [1.807, 2.05) is 6.07 Å².